The van der Waals surface area contributed by atoms with Crippen LogP contribution in [-0.4, -0.2) is 17.1 Å². The van der Waals surface area contributed by atoms with Crippen molar-refractivity contribution in [3.63, 3.8) is 0 Å². The van der Waals surface area contributed by atoms with Crippen molar-refractivity contribution in [1.82, 2.24) is 9.97 Å². The number of hydrogen-bond acceptors (Lipinski definition) is 3. The number of rotatable bonds is 3. The number of nitrogens with zero attached hydrogens (tertiary/aromatic N) is 1. The van der Waals surface area contributed by atoms with E-state index in [0.717, 1.165) is 28.4 Å². The summed E-state index contributed by atoms with van der Waals surface area (Å²) in [4.78, 5) is 7.53. The number of nitrogens with one attached hydrogen (secondary N) is 1. The summed E-state index contributed by atoms with van der Waals surface area (Å²) < 4.78 is 5.52. The van der Waals surface area contributed by atoms with Crippen molar-refractivity contribution in [2.24, 2.45) is 5.73 Å². The van der Waals surface area contributed by atoms with Gasteiger partial charge >= 0.3 is 0 Å². The van der Waals surface area contributed by atoms with Crippen molar-refractivity contribution in [3.8, 4) is 17.0 Å². The lowest BCUT2D eigenvalue weighted by Gasteiger charge is -2.23. The Morgan fingerprint density at radius 2 is 2.00 bits per heavy atom. The summed E-state index contributed by atoms with van der Waals surface area (Å²) in [6, 6.07) is 4.26. The largest absolute Gasteiger partial charge is 0.496 e. The number of aryl methyl sites for hydroxylation is 1. The highest BCUT2D eigenvalue weighted by molar-refractivity contribution is 5.67. The third-order valence-electron chi connectivity index (χ3n) is 3.47. The fourth-order valence-corrected chi connectivity index (χ4v) is 2.33. The minimum atomic E-state index is 0.0184. The minimum Gasteiger partial charge on any atom is -0.496 e. The molecule has 3 N–H and O–H groups in total. The van der Waals surface area contributed by atoms with Crippen molar-refractivity contribution in [3.05, 3.63) is 35.3 Å². The molecule has 1 aromatic carbocycles. The predicted octanol–water partition coefficient (Wildman–Crippen LogP) is 3.15. The Kier molecular flexibility index (Phi) is 3.86. The summed E-state index contributed by atoms with van der Waals surface area (Å²) >= 11 is 0. The van der Waals surface area contributed by atoms with Gasteiger partial charge in [-0.2, -0.15) is 0 Å². The second-order valence-corrected chi connectivity index (χ2v) is 6.07. The first-order chi connectivity index (χ1) is 9.36. The van der Waals surface area contributed by atoms with Gasteiger partial charge in [0.1, 0.15) is 11.6 Å². The Balaban J connectivity index is 2.59. The van der Waals surface area contributed by atoms with Crippen LogP contribution in [0.3, 0.4) is 0 Å². The maximum atomic E-state index is 5.61. The Hall–Kier alpha value is -1.81. The van der Waals surface area contributed by atoms with Crippen LogP contribution >= 0.6 is 0 Å². The molecule has 0 unspecified atom stereocenters. The zero-order chi connectivity index (χ0) is 14.9. The summed E-state index contributed by atoms with van der Waals surface area (Å²) in [6.45, 7) is 9.04. The molecule has 0 aliphatic rings. The molecule has 2 aromatic rings. The highest BCUT2D eigenvalue weighted by Gasteiger charge is 2.21. The highest BCUT2D eigenvalue weighted by Crippen LogP contribution is 2.36. The molecular formula is C16H23N3O. The Morgan fingerprint density at radius 3 is 2.50 bits per heavy atom. The molecule has 0 radical (unpaired) electrons. The van der Waals surface area contributed by atoms with Crippen molar-refractivity contribution < 1.29 is 4.74 Å². The first kappa shape index (κ1) is 14.6. The molecule has 0 fully saturated rings. The molecule has 0 bridgehead atoms. The molecule has 0 aliphatic carbocycles. The van der Waals surface area contributed by atoms with Gasteiger partial charge in [-0.15, -0.1) is 0 Å². The SMILES string of the molecule is COc1cc(C)c(-c2cnc(CN)[nH]2)cc1C(C)(C)C. The van der Waals surface area contributed by atoms with Crippen molar-refractivity contribution in [2.75, 3.05) is 7.11 Å². The summed E-state index contributed by atoms with van der Waals surface area (Å²) in [5.41, 5.74) is 10.1. The summed E-state index contributed by atoms with van der Waals surface area (Å²) in [6.07, 6.45) is 1.84. The molecule has 0 amide bonds. The van der Waals surface area contributed by atoms with Gasteiger partial charge in [-0.05, 0) is 30.0 Å². The van der Waals surface area contributed by atoms with E-state index in [4.69, 9.17) is 10.5 Å². The molecule has 108 valence electrons. The summed E-state index contributed by atoms with van der Waals surface area (Å²) in [5, 5.41) is 0. The predicted molar refractivity (Wildman–Crippen MR) is 81.9 cm³/mol. The second-order valence-electron chi connectivity index (χ2n) is 6.07. The van der Waals surface area contributed by atoms with E-state index in [1.54, 1.807) is 7.11 Å². The molecule has 0 aliphatic heterocycles. The minimum absolute atomic E-state index is 0.0184. The van der Waals surface area contributed by atoms with Gasteiger partial charge in [0.2, 0.25) is 0 Å². The molecular weight excluding hydrogens is 250 g/mol. The standard InChI is InChI=1S/C16H23N3O/c1-10-6-14(20-5)12(16(2,3)4)7-11(10)13-9-18-15(8-17)19-13/h6-7,9H,8,17H2,1-5H3,(H,18,19). The van der Waals surface area contributed by atoms with Crippen molar-refractivity contribution in [1.29, 1.82) is 0 Å². The number of H-pyrrole nitrogens is 1. The van der Waals surface area contributed by atoms with E-state index >= 15 is 0 Å². The van der Waals surface area contributed by atoms with E-state index in [-0.39, 0.29) is 5.41 Å². The van der Waals surface area contributed by atoms with Crippen LogP contribution in [0.2, 0.25) is 0 Å². The van der Waals surface area contributed by atoms with Crippen LogP contribution < -0.4 is 10.5 Å². The van der Waals surface area contributed by atoms with Crippen LogP contribution in [0.5, 0.6) is 5.75 Å². The fraction of sp³-hybridized carbons (Fsp3) is 0.438. The van der Waals surface area contributed by atoms with Gasteiger partial charge < -0.3 is 15.5 Å². The number of aromatic amines is 1. The maximum absolute atomic E-state index is 5.61. The number of benzene rings is 1. The van der Waals surface area contributed by atoms with E-state index in [2.05, 4.69) is 49.8 Å². The highest BCUT2D eigenvalue weighted by atomic mass is 16.5. The second kappa shape index (κ2) is 5.29. The molecule has 1 aromatic heterocycles. The van der Waals surface area contributed by atoms with Gasteiger partial charge in [-0.25, -0.2) is 4.98 Å². The molecule has 20 heavy (non-hydrogen) atoms. The van der Waals surface area contributed by atoms with E-state index in [1.807, 2.05) is 6.20 Å². The first-order valence-electron chi connectivity index (χ1n) is 6.80. The Labute approximate surface area is 120 Å². The summed E-state index contributed by atoms with van der Waals surface area (Å²) in [5.74, 6) is 1.73. The van der Waals surface area contributed by atoms with Crippen LogP contribution in [0.15, 0.2) is 18.3 Å². The van der Waals surface area contributed by atoms with Crippen LogP contribution in [0.4, 0.5) is 0 Å². The van der Waals surface area contributed by atoms with Gasteiger partial charge in [-0.3, -0.25) is 0 Å². The molecule has 2 rings (SSSR count). The molecule has 0 atom stereocenters. The zero-order valence-electron chi connectivity index (χ0n) is 12.9. The van der Waals surface area contributed by atoms with Crippen LogP contribution in [-0.2, 0) is 12.0 Å². The molecule has 1 heterocycles. The molecule has 4 heteroatoms. The third kappa shape index (κ3) is 2.70. The number of hydrogen-bond donors (Lipinski definition) is 2. The topological polar surface area (TPSA) is 63.9 Å². The zero-order valence-corrected chi connectivity index (χ0v) is 12.9. The van der Waals surface area contributed by atoms with Gasteiger partial charge in [0.25, 0.3) is 0 Å². The molecule has 0 spiro atoms. The fourth-order valence-electron chi connectivity index (χ4n) is 2.33. The van der Waals surface area contributed by atoms with E-state index in [1.165, 1.54) is 5.56 Å². The monoisotopic (exact) mass is 273 g/mol. The first-order valence-corrected chi connectivity index (χ1v) is 6.80. The maximum Gasteiger partial charge on any atom is 0.122 e. The van der Waals surface area contributed by atoms with Crippen LogP contribution in [0.1, 0.15) is 37.7 Å². The lowest BCUT2D eigenvalue weighted by molar-refractivity contribution is 0.397. The number of imidazole rings is 1. The molecule has 0 saturated carbocycles. The lowest BCUT2D eigenvalue weighted by atomic mass is 9.84. The number of methoxy groups -OCH3 is 1. The number of aromatic nitrogens is 2. The normalized spacial score (nSPS) is 11.7. The quantitative estimate of drug-likeness (QED) is 0.903. The number of ether oxygens (including phenoxy) is 1. The van der Waals surface area contributed by atoms with E-state index in [9.17, 15) is 0 Å². The van der Waals surface area contributed by atoms with E-state index in [0.29, 0.717) is 6.54 Å². The summed E-state index contributed by atoms with van der Waals surface area (Å²) in [7, 11) is 1.71. The van der Waals surface area contributed by atoms with Crippen molar-refractivity contribution in [2.45, 2.75) is 39.7 Å². The van der Waals surface area contributed by atoms with Crippen LogP contribution in [0.25, 0.3) is 11.3 Å². The van der Waals surface area contributed by atoms with Gasteiger partial charge in [0.05, 0.1) is 25.5 Å². The molecule has 4 nitrogen and oxygen atoms in total. The Morgan fingerprint density at radius 1 is 1.30 bits per heavy atom. The lowest BCUT2D eigenvalue weighted by Crippen LogP contribution is -2.13. The van der Waals surface area contributed by atoms with Crippen LogP contribution in [0, 0.1) is 6.92 Å². The Bertz CT molecular complexity index is 609. The van der Waals surface area contributed by atoms with Gasteiger partial charge in [0.15, 0.2) is 0 Å². The van der Waals surface area contributed by atoms with Crippen molar-refractivity contribution >= 4 is 0 Å². The average molecular weight is 273 g/mol. The van der Waals surface area contributed by atoms with Gasteiger partial charge in [0, 0.05) is 11.1 Å². The average Bonchev–Trinajstić information content (AvgIpc) is 2.85. The number of nitrogens with two attached hydrogens (primary N) is 1. The van der Waals surface area contributed by atoms with E-state index < -0.39 is 0 Å². The smallest absolute Gasteiger partial charge is 0.122 e. The van der Waals surface area contributed by atoms with Gasteiger partial charge in [-0.1, -0.05) is 20.8 Å². The molecule has 0 saturated heterocycles. The third-order valence-corrected chi connectivity index (χ3v) is 3.47.